The highest BCUT2D eigenvalue weighted by atomic mass is 127. The molecule has 0 bridgehead atoms. The first kappa shape index (κ1) is 22.5. The molecule has 1 aromatic rings. The van der Waals surface area contributed by atoms with Crippen LogP contribution in [0, 0.1) is 5.41 Å². The first-order valence-corrected chi connectivity index (χ1v) is 10.6. The fraction of sp³-hybridized carbons (Fsp3) is 0.750. The van der Waals surface area contributed by atoms with Gasteiger partial charge in [-0.15, -0.1) is 24.0 Å². The van der Waals surface area contributed by atoms with Crippen LogP contribution < -0.4 is 10.2 Å². The summed E-state index contributed by atoms with van der Waals surface area (Å²) in [6.07, 6.45) is 7.18. The van der Waals surface area contributed by atoms with E-state index in [4.69, 9.17) is 4.74 Å². The fourth-order valence-corrected chi connectivity index (χ4v) is 4.55. The van der Waals surface area contributed by atoms with Crippen molar-refractivity contribution in [1.29, 1.82) is 0 Å². The van der Waals surface area contributed by atoms with Gasteiger partial charge in [0.15, 0.2) is 5.96 Å². The smallest absolute Gasteiger partial charge is 0.225 e. The number of guanidine groups is 1. The number of likely N-dealkylation sites (tertiary alicyclic amines) is 1. The van der Waals surface area contributed by atoms with E-state index in [0.717, 1.165) is 83.9 Å². The zero-order valence-electron chi connectivity index (χ0n) is 17.4. The van der Waals surface area contributed by atoms with Gasteiger partial charge < -0.3 is 19.9 Å². The summed E-state index contributed by atoms with van der Waals surface area (Å²) in [6, 6.07) is 1.87. The normalized spacial score (nSPS) is 25.5. The minimum Gasteiger partial charge on any atom is -0.381 e. The Kier molecular flexibility index (Phi) is 8.31. The van der Waals surface area contributed by atoms with Crippen LogP contribution in [-0.4, -0.2) is 98.3 Å². The van der Waals surface area contributed by atoms with Crippen molar-refractivity contribution in [2.45, 2.75) is 19.3 Å². The van der Waals surface area contributed by atoms with Gasteiger partial charge in [0, 0.05) is 77.3 Å². The lowest BCUT2D eigenvalue weighted by atomic mass is 9.87. The molecule has 1 N–H and O–H groups in total. The Labute approximate surface area is 191 Å². The Bertz CT molecular complexity index is 645. The van der Waals surface area contributed by atoms with Crippen LogP contribution in [0.25, 0.3) is 0 Å². The Hall–Kier alpha value is -1.20. The van der Waals surface area contributed by atoms with Crippen LogP contribution in [0.3, 0.4) is 0 Å². The van der Waals surface area contributed by atoms with E-state index >= 15 is 0 Å². The van der Waals surface area contributed by atoms with Crippen LogP contribution in [0.4, 0.5) is 5.95 Å². The third-order valence-corrected chi connectivity index (χ3v) is 6.28. The highest BCUT2D eigenvalue weighted by molar-refractivity contribution is 14.0. The number of halogens is 1. The van der Waals surface area contributed by atoms with Crippen LogP contribution in [0.15, 0.2) is 23.5 Å². The quantitative estimate of drug-likeness (QED) is 0.275. The van der Waals surface area contributed by atoms with Gasteiger partial charge >= 0.3 is 0 Å². The van der Waals surface area contributed by atoms with Crippen molar-refractivity contribution in [3.63, 3.8) is 0 Å². The molecule has 9 heteroatoms. The number of piperazine rings is 1. The van der Waals surface area contributed by atoms with Gasteiger partial charge in [0.1, 0.15) is 0 Å². The Morgan fingerprint density at radius 1 is 1.17 bits per heavy atom. The van der Waals surface area contributed by atoms with Crippen molar-refractivity contribution in [1.82, 2.24) is 25.1 Å². The second kappa shape index (κ2) is 10.7. The van der Waals surface area contributed by atoms with Gasteiger partial charge in [0.05, 0.1) is 6.61 Å². The van der Waals surface area contributed by atoms with Crippen molar-refractivity contribution in [2.24, 2.45) is 10.4 Å². The van der Waals surface area contributed by atoms with Gasteiger partial charge in [0.25, 0.3) is 0 Å². The second-order valence-corrected chi connectivity index (χ2v) is 8.18. The molecule has 0 amide bonds. The number of hydrogen-bond acceptors (Lipinski definition) is 6. The molecule has 3 saturated heterocycles. The van der Waals surface area contributed by atoms with Gasteiger partial charge in [-0.3, -0.25) is 9.89 Å². The van der Waals surface area contributed by atoms with E-state index in [0.29, 0.717) is 5.41 Å². The molecular weight excluding hydrogens is 481 g/mol. The molecule has 3 fully saturated rings. The molecule has 0 aromatic carbocycles. The maximum absolute atomic E-state index is 5.64. The van der Waals surface area contributed by atoms with Gasteiger partial charge in [-0.1, -0.05) is 0 Å². The molecule has 8 nitrogen and oxygen atoms in total. The molecule has 162 valence electrons. The van der Waals surface area contributed by atoms with Crippen LogP contribution >= 0.6 is 24.0 Å². The summed E-state index contributed by atoms with van der Waals surface area (Å²) in [6.45, 7) is 10.2. The van der Waals surface area contributed by atoms with Gasteiger partial charge in [0.2, 0.25) is 5.95 Å². The summed E-state index contributed by atoms with van der Waals surface area (Å²) >= 11 is 0. The molecule has 0 aliphatic carbocycles. The molecule has 0 radical (unpaired) electrons. The summed E-state index contributed by atoms with van der Waals surface area (Å²) < 4.78 is 5.64. The lowest BCUT2D eigenvalue weighted by Crippen LogP contribution is -2.48. The fourth-order valence-electron chi connectivity index (χ4n) is 4.55. The molecule has 1 unspecified atom stereocenters. The van der Waals surface area contributed by atoms with Gasteiger partial charge in [-0.05, 0) is 31.9 Å². The van der Waals surface area contributed by atoms with E-state index in [1.807, 2.05) is 25.5 Å². The Morgan fingerprint density at radius 3 is 2.66 bits per heavy atom. The van der Waals surface area contributed by atoms with Crippen molar-refractivity contribution in [2.75, 3.05) is 77.5 Å². The number of nitrogens with one attached hydrogen (secondary N) is 1. The number of hydrogen-bond donors (Lipinski definition) is 1. The molecule has 29 heavy (non-hydrogen) atoms. The average molecular weight is 515 g/mol. The minimum absolute atomic E-state index is 0. The van der Waals surface area contributed by atoms with Crippen LogP contribution in [0.5, 0.6) is 0 Å². The summed E-state index contributed by atoms with van der Waals surface area (Å²) in [5.74, 6) is 1.90. The molecule has 4 heterocycles. The largest absolute Gasteiger partial charge is 0.381 e. The van der Waals surface area contributed by atoms with Crippen molar-refractivity contribution < 1.29 is 4.74 Å². The molecule has 3 aliphatic rings. The van der Waals surface area contributed by atoms with Crippen molar-refractivity contribution in [3.05, 3.63) is 18.5 Å². The summed E-state index contributed by atoms with van der Waals surface area (Å²) in [5.41, 5.74) is 0.375. The van der Waals surface area contributed by atoms with E-state index in [9.17, 15) is 0 Å². The van der Waals surface area contributed by atoms with E-state index in [2.05, 4.69) is 35.0 Å². The number of aromatic nitrogens is 2. The average Bonchev–Trinajstić information content (AvgIpc) is 3.39. The van der Waals surface area contributed by atoms with Gasteiger partial charge in [-0.25, -0.2) is 9.97 Å². The Morgan fingerprint density at radius 2 is 1.97 bits per heavy atom. The topological polar surface area (TPSA) is 69.1 Å². The zero-order chi connectivity index (χ0) is 19.2. The third kappa shape index (κ3) is 5.69. The molecule has 0 saturated carbocycles. The third-order valence-electron chi connectivity index (χ3n) is 6.28. The van der Waals surface area contributed by atoms with E-state index in [-0.39, 0.29) is 24.0 Å². The number of nitrogens with zero attached hydrogens (tertiary/aromatic N) is 6. The first-order valence-electron chi connectivity index (χ1n) is 10.6. The summed E-state index contributed by atoms with van der Waals surface area (Å²) in [7, 11) is 1.89. The summed E-state index contributed by atoms with van der Waals surface area (Å²) in [4.78, 5) is 20.4. The van der Waals surface area contributed by atoms with Crippen LogP contribution in [0.2, 0.25) is 0 Å². The molecule has 3 aliphatic heterocycles. The van der Waals surface area contributed by atoms with E-state index in [1.54, 1.807) is 0 Å². The molecule has 1 aromatic heterocycles. The predicted molar refractivity (Wildman–Crippen MR) is 126 cm³/mol. The van der Waals surface area contributed by atoms with Crippen molar-refractivity contribution in [3.8, 4) is 0 Å². The standard InChI is InChI=1S/C20H33N7O.HI/c1-21-18(27-10-4-20(16-27)5-15-28-17-20)22-8-3-9-25-11-13-26(14-12-25)19-23-6-2-7-24-19;/h2,6-7H,3-5,8-17H2,1H3,(H,21,22);1H. The summed E-state index contributed by atoms with van der Waals surface area (Å²) in [5, 5.41) is 3.57. The monoisotopic (exact) mass is 515 g/mol. The lowest BCUT2D eigenvalue weighted by Gasteiger charge is -2.34. The first-order chi connectivity index (χ1) is 13.8. The molecule has 1 atom stereocenters. The predicted octanol–water partition coefficient (Wildman–Crippen LogP) is 1.29. The lowest BCUT2D eigenvalue weighted by molar-refractivity contribution is 0.156. The minimum atomic E-state index is 0. The second-order valence-electron chi connectivity index (χ2n) is 8.18. The molecule has 4 rings (SSSR count). The molecular formula is C20H34IN7O. The van der Waals surface area contributed by atoms with Crippen molar-refractivity contribution >= 4 is 35.9 Å². The number of aliphatic imine (C=N–C) groups is 1. The molecule has 1 spiro atoms. The van der Waals surface area contributed by atoms with E-state index in [1.165, 1.54) is 12.8 Å². The van der Waals surface area contributed by atoms with E-state index < -0.39 is 0 Å². The van der Waals surface area contributed by atoms with Crippen LogP contribution in [0.1, 0.15) is 19.3 Å². The zero-order valence-corrected chi connectivity index (χ0v) is 19.8. The number of ether oxygens (including phenoxy) is 1. The van der Waals surface area contributed by atoms with Crippen LogP contribution in [-0.2, 0) is 4.74 Å². The SMILES string of the molecule is CN=C(NCCCN1CCN(c2ncccn2)CC1)N1CCC2(CCOC2)C1.I. The number of rotatable bonds is 5. The maximum atomic E-state index is 5.64. The maximum Gasteiger partial charge on any atom is 0.225 e. The highest BCUT2D eigenvalue weighted by Gasteiger charge is 2.42. The highest BCUT2D eigenvalue weighted by Crippen LogP contribution is 2.38. The van der Waals surface area contributed by atoms with Gasteiger partial charge in [-0.2, -0.15) is 0 Å². The Balaban J connectivity index is 0.00000240. The number of anilines is 1.